The monoisotopic (exact) mass is 315 g/mol. The predicted molar refractivity (Wildman–Crippen MR) is 88.8 cm³/mol. The predicted octanol–water partition coefficient (Wildman–Crippen LogP) is 4.17. The van der Waals surface area contributed by atoms with Gasteiger partial charge in [0.15, 0.2) is 6.10 Å². The van der Waals surface area contributed by atoms with Crippen LogP contribution in [0.4, 0.5) is 4.39 Å². The Hall–Kier alpha value is -2.36. The molecule has 122 valence electrons. The van der Waals surface area contributed by atoms with Crippen LogP contribution in [0.3, 0.4) is 0 Å². The van der Waals surface area contributed by atoms with Gasteiger partial charge in [-0.25, -0.2) is 4.39 Å². The summed E-state index contributed by atoms with van der Waals surface area (Å²) in [5.74, 6) is -0.0240. The average molecular weight is 315 g/mol. The fraction of sp³-hybridized carbons (Fsp3) is 0.316. The van der Waals surface area contributed by atoms with Crippen LogP contribution < -0.4 is 10.1 Å². The number of halogens is 1. The van der Waals surface area contributed by atoms with E-state index in [1.165, 1.54) is 29.8 Å². The highest BCUT2D eigenvalue weighted by molar-refractivity contribution is 5.81. The first kappa shape index (κ1) is 17.0. The number of hydrogen-bond donors (Lipinski definition) is 1. The lowest BCUT2D eigenvalue weighted by molar-refractivity contribution is -0.128. The van der Waals surface area contributed by atoms with Crippen LogP contribution >= 0.6 is 0 Å². The molecule has 1 N–H and O–H groups in total. The Morgan fingerprint density at radius 2 is 1.74 bits per heavy atom. The largest absolute Gasteiger partial charge is 0.481 e. The van der Waals surface area contributed by atoms with Crippen molar-refractivity contribution in [1.82, 2.24) is 5.32 Å². The highest BCUT2D eigenvalue weighted by Crippen LogP contribution is 2.17. The van der Waals surface area contributed by atoms with Crippen molar-refractivity contribution < 1.29 is 13.9 Å². The smallest absolute Gasteiger partial charge is 0.261 e. The third-order valence-electron chi connectivity index (χ3n) is 3.69. The van der Waals surface area contributed by atoms with Crippen molar-refractivity contribution in [2.45, 2.75) is 39.3 Å². The Balaban J connectivity index is 1.99. The Kier molecular flexibility index (Phi) is 5.74. The van der Waals surface area contributed by atoms with Gasteiger partial charge in [-0.15, -0.1) is 0 Å². The maximum atomic E-state index is 12.9. The molecule has 0 bridgehead atoms. The molecule has 2 aromatic carbocycles. The van der Waals surface area contributed by atoms with Crippen molar-refractivity contribution in [3.05, 3.63) is 65.5 Å². The summed E-state index contributed by atoms with van der Waals surface area (Å²) < 4.78 is 18.6. The van der Waals surface area contributed by atoms with E-state index in [4.69, 9.17) is 4.74 Å². The van der Waals surface area contributed by atoms with E-state index in [0.717, 1.165) is 5.56 Å². The van der Waals surface area contributed by atoms with Crippen LogP contribution in [0.15, 0.2) is 48.5 Å². The molecule has 4 heteroatoms. The summed E-state index contributed by atoms with van der Waals surface area (Å²) in [6, 6.07) is 13.6. The number of rotatable bonds is 6. The molecule has 0 saturated heterocycles. The van der Waals surface area contributed by atoms with Crippen molar-refractivity contribution in [3.63, 3.8) is 0 Å². The molecule has 1 amide bonds. The average Bonchev–Trinajstić information content (AvgIpc) is 2.54. The summed E-state index contributed by atoms with van der Waals surface area (Å²) in [5, 5.41) is 2.96. The number of aryl methyl sites for hydroxylation is 1. The van der Waals surface area contributed by atoms with Crippen LogP contribution in [0.5, 0.6) is 5.75 Å². The van der Waals surface area contributed by atoms with Crippen LogP contribution in [-0.4, -0.2) is 12.0 Å². The first-order valence-corrected chi connectivity index (χ1v) is 7.78. The Morgan fingerprint density at radius 3 is 2.30 bits per heavy atom. The topological polar surface area (TPSA) is 38.3 Å². The number of nitrogens with one attached hydrogen (secondary N) is 1. The SMILES string of the molecule is CCC(Oc1ccc(F)cc1)C(=O)NC(C)c1ccc(C)cc1. The number of amides is 1. The van der Waals surface area contributed by atoms with Crippen molar-refractivity contribution in [2.24, 2.45) is 0 Å². The fourth-order valence-electron chi connectivity index (χ4n) is 2.24. The van der Waals surface area contributed by atoms with Crippen molar-refractivity contribution >= 4 is 5.91 Å². The first-order valence-electron chi connectivity index (χ1n) is 7.78. The summed E-state index contributed by atoms with van der Waals surface area (Å²) in [6.45, 7) is 5.84. The van der Waals surface area contributed by atoms with Gasteiger partial charge in [-0.05, 0) is 50.1 Å². The quantitative estimate of drug-likeness (QED) is 0.869. The molecule has 0 fully saturated rings. The first-order chi connectivity index (χ1) is 11.0. The molecule has 2 unspecified atom stereocenters. The summed E-state index contributed by atoms with van der Waals surface area (Å²) in [4.78, 5) is 12.4. The van der Waals surface area contributed by atoms with E-state index in [-0.39, 0.29) is 17.8 Å². The van der Waals surface area contributed by atoms with E-state index in [2.05, 4.69) is 5.32 Å². The highest BCUT2D eigenvalue weighted by Gasteiger charge is 2.20. The number of ether oxygens (including phenoxy) is 1. The zero-order chi connectivity index (χ0) is 16.8. The molecular formula is C19H22FNO2. The maximum Gasteiger partial charge on any atom is 0.261 e. The summed E-state index contributed by atoms with van der Waals surface area (Å²) >= 11 is 0. The van der Waals surface area contributed by atoms with E-state index in [9.17, 15) is 9.18 Å². The number of carbonyl (C=O) groups is 1. The summed E-state index contributed by atoms with van der Waals surface area (Å²) in [6.07, 6.45) is -0.0718. The van der Waals surface area contributed by atoms with Gasteiger partial charge in [0.05, 0.1) is 6.04 Å². The van der Waals surface area contributed by atoms with Crippen LogP contribution in [0, 0.1) is 12.7 Å². The lowest BCUT2D eigenvalue weighted by Gasteiger charge is -2.21. The summed E-state index contributed by atoms with van der Waals surface area (Å²) in [5.41, 5.74) is 2.22. The zero-order valence-corrected chi connectivity index (χ0v) is 13.7. The van der Waals surface area contributed by atoms with E-state index >= 15 is 0 Å². The minimum absolute atomic E-state index is 0.103. The molecule has 23 heavy (non-hydrogen) atoms. The van der Waals surface area contributed by atoms with Gasteiger partial charge in [-0.1, -0.05) is 36.8 Å². The molecule has 0 radical (unpaired) electrons. The molecule has 0 aliphatic heterocycles. The molecule has 0 saturated carbocycles. The van der Waals surface area contributed by atoms with Crippen LogP contribution in [0.2, 0.25) is 0 Å². The van der Waals surface area contributed by atoms with Crippen molar-refractivity contribution in [3.8, 4) is 5.75 Å². The summed E-state index contributed by atoms with van der Waals surface area (Å²) in [7, 11) is 0. The third-order valence-corrected chi connectivity index (χ3v) is 3.69. The molecule has 3 nitrogen and oxygen atoms in total. The molecule has 2 aromatic rings. The minimum Gasteiger partial charge on any atom is -0.481 e. The molecule has 2 rings (SSSR count). The van der Waals surface area contributed by atoms with Crippen LogP contribution in [0.1, 0.15) is 37.4 Å². The molecule has 0 aliphatic carbocycles. The molecule has 0 heterocycles. The fourth-order valence-corrected chi connectivity index (χ4v) is 2.24. The second-order valence-electron chi connectivity index (χ2n) is 5.61. The number of benzene rings is 2. The van der Waals surface area contributed by atoms with E-state index in [1.807, 2.05) is 45.0 Å². The van der Waals surface area contributed by atoms with Gasteiger partial charge in [-0.2, -0.15) is 0 Å². The second kappa shape index (κ2) is 7.77. The van der Waals surface area contributed by atoms with Gasteiger partial charge >= 0.3 is 0 Å². The molecular weight excluding hydrogens is 293 g/mol. The minimum atomic E-state index is -0.603. The van der Waals surface area contributed by atoms with Gasteiger partial charge in [-0.3, -0.25) is 4.79 Å². The highest BCUT2D eigenvalue weighted by atomic mass is 19.1. The maximum absolute atomic E-state index is 12.9. The normalized spacial score (nSPS) is 13.2. The van der Waals surface area contributed by atoms with Gasteiger partial charge in [0, 0.05) is 0 Å². The lowest BCUT2D eigenvalue weighted by atomic mass is 10.1. The van der Waals surface area contributed by atoms with Gasteiger partial charge in [0.1, 0.15) is 11.6 Å². The van der Waals surface area contributed by atoms with E-state index in [0.29, 0.717) is 12.2 Å². The number of hydrogen-bond acceptors (Lipinski definition) is 2. The zero-order valence-electron chi connectivity index (χ0n) is 13.7. The van der Waals surface area contributed by atoms with Gasteiger partial charge in [0.2, 0.25) is 0 Å². The Bertz CT molecular complexity index is 637. The second-order valence-corrected chi connectivity index (χ2v) is 5.61. The van der Waals surface area contributed by atoms with Crippen LogP contribution in [0.25, 0.3) is 0 Å². The molecule has 0 spiro atoms. The van der Waals surface area contributed by atoms with Gasteiger partial charge in [0.25, 0.3) is 5.91 Å². The van der Waals surface area contributed by atoms with Crippen molar-refractivity contribution in [2.75, 3.05) is 0 Å². The number of carbonyl (C=O) groups excluding carboxylic acids is 1. The molecule has 0 aromatic heterocycles. The molecule has 2 atom stereocenters. The van der Waals surface area contributed by atoms with Gasteiger partial charge < -0.3 is 10.1 Å². The Morgan fingerprint density at radius 1 is 1.13 bits per heavy atom. The van der Waals surface area contributed by atoms with E-state index in [1.54, 1.807) is 0 Å². The standard InChI is InChI=1S/C19H22FNO2/c1-4-18(23-17-11-9-16(20)10-12-17)19(22)21-14(3)15-7-5-13(2)6-8-15/h5-12,14,18H,4H2,1-3H3,(H,21,22). The van der Waals surface area contributed by atoms with Crippen LogP contribution in [-0.2, 0) is 4.79 Å². The third kappa shape index (κ3) is 4.81. The van der Waals surface area contributed by atoms with E-state index < -0.39 is 6.10 Å². The molecule has 0 aliphatic rings. The van der Waals surface area contributed by atoms with Crippen molar-refractivity contribution in [1.29, 1.82) is 0 Å². The Labute approximate surface area is 136 Å². The lowest BCUT2D eigenvalue weighted by Crippen LogP contribution is -2.39.